The van der Waals surface area contributed by atoms with Crippen LogP contribution in [0.2, 0.25) is 0 Å². The second-order valence-electron chi connectivity index (χ2n) is 7.53. The van der Waals surface area contributed by atoms with E-state index in [4.69, 9.17) is 0 Å². The van der Waals surface area contributed by atoms with E-state index >= 15 is 0 Å². The average molecular weight is 312 g/mol. The molecule has 0 bridgehead atoms. The second kappa shape index (κ2) is 6.64. The molecule has 0 N–H and O–H groups in total. The Morgan fingerprint density at radius 2 is 1.65 bits per heavy atom. The van der Waals surface area contributed by atoms with Crippen molar-refractivity contribution in [1.29, 1.82) is 0 Å². The largest absolute Gasteiger partial charge is 0.338 e. The fourth-order valence-corrected chi connectivity index (χ4v) is 4.66. The molecule has 2 heterocycles. The van der Waals surface area contributed by atoms with E-state index in [9.17, 15) is 4.79 Å². The lowest BCUT2D eigenvalue weighted by Gasteiger charge is -2.38. The maximum atomic E-state index is 12.8. The van der Waals surface area contributed by atoms with Crippen molar-refractivity contribution in [2.75, 3.05) is 13.1 Å². The molecule has 0 unspecified atom stereocenters. The van der Waals surface area contributed by atoms with Crippen LogP contribution in [0.5, 0.6) is 0 Å². The van der Waals surface area contributed by atoms with Crippen LogP contribution in [0.25, 0.3) is 0 Å². The maximum Gasteiger partial charge on any atom is 0.225 e. The highest BCUT2D eigenvalue weighted by molar-refractivity contribution is 5.80. The Hall–Kier alpha value is -1.35. The van der Waals surface area contributed by atoms with Crippen molar-refractivity contribution in [2.45, 2.75) is 63.6 Å². The molecule has 0 radical (unpaired) electrons. The van der Waals surface area contributed by atoms with E-state index in [2.05, 4.69) is 40.1 Å². The van der Waals surface area contributed by atoms with Crippen molar-refractivity contribution >= 4 is 5.91 Å². The third-order valence-electron chi connectivity index (χ3n) is 6.12. The molecule has 3 heteroatoms. The first-order chi connectivity index (χ1) is 11.3. The molecule has 1 aromatic rings. The summed E-state index contributed by atoms with van der Waals surface area (Å²) in [5.74, 6) is 0.810. The number of nitrogens with zero attached hydrogens (tertiary/aromatic N) is 2. The van der Waals surface area contributed by atoms with Crippen LogP contribution < -0.4 is 0 Å². The van der Waals surface area contributed by atoms with Gasteiger partial charge in [0.2, 0.25) is 5.91 Å². The SMILES string of the molecule is O=C(C1CCC1)N1CCC[C@@H]1[C@@H]1CCCN1Cc1ccccc1. The Morgan fingerprint density at radius 3 is 2.39 bits per heavy atom. The summed E-state index contributed by atoms with van der Waals surface area (Å²) in [6.07, 6.45) is 8.43. The van der Waals surface area contributed by atoms with Gasteiger partial charge in [-0.15, -0.1) is 0 Å². The van der Waals surface area contributed by atoms with Gasteiger partial charge in [-0.2, -0.15) is 0 Å². The topological polar surface area (TPSA) is 23.6 Å². The van der Waals surface area contributed by atoms with Crippen molar-refractivity contribution in [3.63, 3.8) is 0 Å². The lowest BCUT2D eigenvalue weighted by atomic mass is 9.84. The summed E-state index contributed by atoms with van der Waals surface area (Å²) >= 11 is 0. The molecule has 0 aromatic heterocycles. The Balaban J connectivity index is 1.45. The molecule has 23 heavy (non-hydrogen) atoms. The normalized spacial score (nSPS) is 29.0. The highest BCUT2D eigenvalue weighted by atomic mass is 16.2. The molecule has 2 saturated heterocycles. The second-order valence-corrected chi connectivity index (χ2v) is 7.53. The van der Waals surface area contributed by atoms with Crippen LogP contribution in [-0.2, 0) is 11.3 Å². The fourth-order valence-electron chi connectivity index (χ4n) is 4.66. The van der Waals surface area contributed by atoms with Crippen LogP contribution in [0, 0.1) is 5.92 Å². The molecule has 1 saturated carbocycles. The molecule has 2 atom stereocenters. The van der Waals surface area contributed by atoms with Crippen molar-refractivity contribution < 1.29 is 4.79 Å². The first-order valence-corrected chi connectivity index (χ1v) is 9.41. The summed E-state index contributed by atoms with van der Waals surface area (Å²) in [6.45, 7) is 3.21. The first kappa shape index (κ1) is 15.2. The van der Waals surface area contributed by atoms with Gasteiger partial charge in [-0.3, -0.25) is 9.69 Å². The zero-order chi connectivity index (χ0) is 15.6. The van der Waals surface area contributed by atoms with Gasteiger partial charge in [-0.05, 0) is 50.6 Å². The third kappa shape index (κ3) is 3.03. The predicted molar refractivity (Wildman–Crippen MR) is 92.0 cm³/mol. The van der Waals surface area contributed by atoms with Crippen molar-refractivity contribution in [2.24, 2.45) is 5.92 Å². The third-order valence-corrected chi connectivity index (χ3v) is 6.12. The number of amides is 1. The van der Waals surface area contributed by atoms with Gasteiger partial charge in [-0.1, -0.05) is 36.8 Å². The van der Waals surface area contributed by atoms with Crippen LogP contribution in [0.15, 0.2) is 30.3 Å². The van der Waals surface area contributed by atoms with Crippen LogP contribution in [-0.4, -0.2) is 40.9 Å². The van der Waals surface area contributed by atoms with Crippen molar-refractivity contribution in [3.8, 4) is 0 Å². The molecule has 1 amide bonds. The van der Waals surface area contributed by atoms with Gasteiger partial charge in [0.25, 0.3) is 0 Å². The molecule has 1 aliphatic carbocycles. The van der Waals surface area contributed by atoms with Gasteiger partial charge in [0.1, 0.15) is 0 Å². The average Bonchev–Trinajstić information content (AvgIpc) is 3.14. The summed E-state index contributed by atoms with van der Waals surface area (Å²) in [4.78, 5) is 17.7. The summed E-state index contributed by atoms with van der Waals surface area (Å²) in [5.41, 5.74) is 1.40. The Labute approximate surface area is 139 Å². The number of hydrogen-bond donors (Lipinski definition) is 0. The number of benzene rings is 1. The monoisotopic (exact) mass is 312 g/mol. The lowest BCUT2D eigenvalue weighted by molar-refractivity contribution is -0.140. The number of rotatable bonds is 4. The zero-order valence-electron chi connectivity index (χ0n) is 14.0. The summed E-state index contributed by atoms with van der Waals surface area (Å²) < 4.78 is 0. The Bertz CT molecular complexity index is 540. The van der Waals surface area contributed by atoms with E-state index in [1.807, 2.05) is 0 Å². The molecule has 1 aromatic carbocycles. The number of carbonyl (C=O) groups is 1. The van der Waals surface area contributed by atoms with Gasteiger partial charge >= 0.3 is 0 Å². The van der Waals surface area contributed by atoms with Crippen LogP contribution in [0.1, 0.15) is 50.5 Å². The molecule has 4 rings (SSSR count). The van der Waals surface area contributed by atoms with Gasteiger partial charge in [-0.25, -0.2) is 0 Å². The molecular weight excluding hydrogens is 284 g/mol. The van der Waals surface area contributed by atoms with Gasteiger partial charge in [0, 0.05) is 31.1 Å². The molecule has 0 spiro atoms. The Kier molecular flexibility index (Phi) is 4.39. The maximum absolute atomic E-state index is 12.8. The molecule has 124 valence electrons. The van der Waals surface area contributed by atoms with E-state index < -0.39 is 0 Å². The smallest absolute Gasteiger partial charge is 0.225 e. The first-order valence-electron chi connectivity index (χ1n) is 9.41. The van der Waals surface area contributed by atoms with Crippen molar-refractivity contribution in [1.82, 2.24) is 9.80 Å². The van der Waals surface area contributed by atoms with Crippen LogP contribution in [0.3, 0.4) is 0 Å². The fraction of sp³-hybridized carbons (Fsp3) is 0.650. The molecule has 3 aliphatic rings. The van der Waals surface area contributed by atoms with E-state index in [1.54, 1.807) is 0 Å². The summed E-state index contributed by atoms with van der Waals surface area (Å²) in [7, 11) is 0. The Morgan fingerprint density at radius 1 is 0.913 bits per heavy atom. The van der Waals surface area contributed by atoms with E-state index in [-0.39, 0.29) is 0 Å². The standard InChI is InChI=1S/C20H28N2O/c23-20(17-9-4-10-17)22-14-6-12-19(22)18-11-5-13-21(18)15-16-7-2-1-3-8-16/h1-3,7-8,17-19H,4-6,9-15H2/t18-,19+/m0/s1. The minimum atomic E-state index is 0.347. The number of likely N-dealkylation sites (tertiary alicyclic amines) is 2. The molecule has 3 fully saturated rings. The highest BCUT2D eigenvalue weighted by Gasteiger charge is 2.42. The van der Waals surface area contributed by atoms with E-state index in [0.29, 0.717) is 23.9 Å². The minimum Gasteiger partial charge on any atom is -0.338 e. The highest BCUT2D eigenvalue weighted by Crippen LogP contribution is 2.35. The molecule has 3 nitrogen and oxygen atoms in total. The lowest BCUT2D eigenvalue weighted by Crippen LogP contribution is -2.50. The summed E-state index contributed by atoms with van der Waals surface area (Å²) in [6, 6.07) is 11.8. The minimum absolute atomic E-state index is 0.347. The number of carbonyl (C=O) groups excluding carboxylic acids is 1. The van der Waals surface area contributed by atoms with E-state index in [1.165, 1.54) is 44.2 Å². The summed E-state index contributed by atoms with van der Waals surface area (Å²) in [5, 5.41) is 0. The van der Waals surface area contributed by atoms with Gasteiger partial charge < -0.3 is 4.90 Å². The molecule has 2 aliphatic heterocycles. The van der Waals surface area contributed by atoms with E-state index in [0.717, 1.165) is 25.9 Å². The van der Waals surface area contributed by atoms with Crippen molar-refractivity contribution in [3.05, 3.63) is 35.9 Å². The predicted octanol–water partition coefficient (Wildman–Crippen LogP) is 3.44. The van der Waals surface area contributed by atoms with Crippen LogP contribution in [0.4, 0.5) is 0 Å². The quantitative estimate of drug-likeness (QED) is 0.850. The van der Waals surface area contributed by atoms with Gasteiger partial charge in [0.05, 0.1) is 0 Å². The molecular formula is C20H28N2O. The zero-order valence-corrected chi connectivity index (χ0v) is 14.0. The van der Waals surface area contributed by atoms with Gasteiger partial charge in [0.15, 0.2) is 0 Å². The van der Waals surface area contributed by atoms with Crippen LogP contribution >= 0.6 is 0 Å². The number of hydrogen-bond acceptors (Lipinski definition) is 2.